The standard InChI is InChI=1S/C15H14BrNO5/c1-20-12-4-6-15(13(8-12)17(18)19)22-9-10-7-11(16)3-5-14(10)21-2/h3-8H,9H2,1-2H3. The van der Waals surface area contributed by atoms with Crippen molar-refractivity contribution in [3.05, 3.63) is 56.5 Å². The lowest BCUT2D eigenvalue weighted by Gasteiger charge is -2.11. The molecule has 0 aliphatic rings. The predicted molar refractivity (Wildman–Crippen MR) is 84.7 cm³/mol. The Labute approximate surface area is 135 Å². The zero-order chi connectivity index (χ0) is 16.1. The number of halogens is 1. The largest absolute Gasteiger partial charge is 0.496 e. The number of nitro benzene ring substituents is 1. The molecule has 2 rings (SSSR count). The van der Waals surface area contributed by atoms with Crippen molar-refractivity contribution in [1.82, 2.24) is 0 Å². The van der Waals surface area contributed by atoms with Gasteiger partial charge >= 0.3 is 5.69 Å². The first-order valence-corrected chi connectivity index (χ1v) is 7.12. The average Bonchev–Trinajstić information content (AvgIpc) is 2.52. The molecule has 116 valence electrons. The second-order valence-electron chi connectivity index (χ2n) is 4.34. The van der Waals surface area contributed by atoms with Gasteiger partial charge in [0.15, 0.2) is 5.75 Å². The van der Waals surface area contributed by atoms with Crippen LogP contribution in [-0.4, -0.2) is 19.1 Å². The Kier molecular flexibility index (Phi) is 5.21. The van der Waals surface area contributed by atoms with E-state index in [2.05, 4.69) is 15.9 Å². The minimum atomic E-state index is -0.504. The van der Waals surface area contributed by atoms with Crippen molar-refractivity contribution in [2.24, 2.45) is 0 Å². The zero-order valence-electron chi connectivity index (χ0n) is 12.0. The van der Waals surface area contributed by atoms with E-state index >= 15 is 0 Å². The summed E-state index contributed by atoms with van der Waals surface area (Å²) < 4.78 is 16.7. The van der Waals surface area contributed by atoms with Gasteiger partial charge in [-0.25, -0.2) is 0 Å². The Hall–Kier alpha value is -2.28. The summed E-state index contributed by atoms with van der Waals surface area (Å²) in [6, 6.07) is 9.94. The van der Waals surface area contributed by atoms with E-state index in [9.17, 15) is 10.1 Å². The molecule has 2 aromatic carbocycles. The molecular weight excluding hydrogens is 354 g/mol. The summed E-state index contributed by atoms with van der Waals surface area (Å²) in [6.45, 7) is 0.149. The molecule has 0 aliphatic carbocycles. The van der Waals surface area contributed by atoms with Crippen molar-refractivity contribution in [2.45, 2.75) is 6.61 Å². The van der Waals surface area contributed by atoms with Crippen molar-refractivity contribution >= 4 is 21.6 Å². The van der Waals surface area contributed by atoms with Crippen LogP contribution >= 0.6 is 15.9 Å². The molecule has 0 aliphatic heterocycles. The molecule has 6 nitrogen and oxygen atoms in total. The zero-order valence-corrected chi connectivity index (χ0v) is 13.6. The summed E-state index contributed by atoms with van der Waals surface area (Å²) in [6.07, 6.45) is 0. The molecule has 7 heteroatoms. The average molecular weight is 368 g/mol. The van der Waals surface area contributed by atoms with Crippen molar-refractivity contribution in [2.75, 3.05) is 14.2 Å². The highest BCUT2D eigenvalue weighted by Crippen LogP contribution is 2.32. The van der Waals surface area contributed by atoms with Gasteiger partial charge in [-0.2, -0.15) is 0 Å². The fourth-order valence-corrected chi connectivity index (χ4v) is 2.31. The van der Waals surface area contributed by atoms with Crippen LogP contribution in [-0.2, 0) is 6.61 Å². The van der Waals surface area contributed by atoms with Crippen molar-refractivity contribution in [3.8, 4) is 17.2 Å². The number of ether oxygens (including phenoxy) is 3. The monoisotopic (exact) mass is 367 g/mol. The van der Waals surface area contributed by atoms with Gasteiger partial charge in [-0.15, -0.1) is 0 Å². The Balaban J connectivity index is 2.25. The molecule has 0 radical (unpaired) electrons. The van der Waals surface area contributed by atoms with E-state index in [1.54, 1.807) is 19.2 Å². The van der Waals surface area contributed by atoms with E-state index in [4.69, 9.17) is 14.2 Å². The topological polar surface area (TPSA) is 70.8 Å². The van der Waals surface area contributed by atoms with E-state index < -0.39 is 4.92 Å². The first kappa shape index (κ1) is 16.1. The van der Waals surface area contributed by atoms with Gasteiger partial charge in [0.05, 0.1) is 25.2 Å². The van der Waals surface area contributed by atoms with Crippen LogP contribution in [0.4, 0.5) is 5.69 Å². The maximum absolute atomic E-state index is 11.1. The van der Waals surface area contributed by atoms with Gasteiger partial charge in [-0.1, -0.05) is 15.9 Å². The first-order chi connectivity index (χ1) is 10.5. The fraction of sp³-hybridized carbons (Fsp3) is 0.200. The summed E-state index contributed by atoms with van der Waals surface area (Å²) in [5.41, 5.74) is 0.635. The van der Waals surface area contributed by atoms with Crippen LogP contribution in [0.15, 0.2) is 40.9 Å². The quantitative estimate of drug-likeness (QED) is 0.570. The summed E-state index contributed by atoms with van der Waals surface area (Å²) in [7, 11) is 3.01. The van der Waals surface area contributed by atoms with Crippen LogP contribution in [0.3, 0.4) is 0 Å². The normalized spacial score (nSPS) is 10.1. The lowest BCUT2D eigenvalue weighted by atomic mass is 10.2. The molecule has 2 aromatic rings. The minimum Gasteiger partial charge on any atom is -0.496 e. The second-order valence-corrected chi connectivity index (χ2v) is 5.25. The van der Waals surface area contributed by atoms with Gasteiger partial charge < -0.3 is 14.2 Å². The Morgan fingerprint density at radius 1 is 1.09 bits per heavy atom. The minimum absolute atomic E-state index is 0.145. The Bertz CT molecular complexity index is 690. The number of hydrogen-bond donors (Lipinski definition) is 0. The lowest BCUT2D eigenvalue weighted by molar-refractivity contribution is -0.386. The van der Waals surface area contributed by atoms with Crippen molar-refractivity contribution < 1.29 is 19.1 Å². The molecule has 0 saturated carbocycles. The smallest absolute Gasteiger partial charge is 0.314 e. The molecule has 0 spiro atoms. The molecule has 0 bridgehead atoms. The van der Waals surface area contributed by atoms with Crippen LogP contribution < -0.4 is 14.2 Å². The molecular formula is C15H14BrNO5. The highest BCUT2D eigenvalue weighted by atomic mass is 79.9. The van der Waals surface area contributed by atoms with Gasteiger partial charge in [0.1, 0.15) is 18.1 Å². The number of nitrogens with zero attached hydrogens (tertiary/aromatic N) is 1. The fourth-order valence-electron chi connectivity index (χ4n) is 1.90. The molecule has 0 heterocycles. The second kappa shape index (κ2) is 7.13. The number of nitro groups is 1. The molecule has 0 saturated heterocycles. The van der Waals surface area contributed by atoms with Gasteiger partial charge in [0.2, 0.25) is 0 Å². The highest BCUT2D eigenvalue weighted by molar-refractivity contribution is 9.10. The number of benzene rings is 2. The lowest BCUT2D eigenvalue weighted by Crippen LogP contribution is -2.01. The van der Waals surface area contributed by atoms with Crippen LogP contribution in [0.5, 0.6) is 17.2 Å². The molecule has 0 amide bonds. The van der Waals surface area contributed by atoms with Crippen molar-refractivity contribution in [1.29, 1.82) is 0 Å². The van der Waals surface area contributed by atoms with Gasteiger partial charge in [-0.05, 0) is 30.3 Å². The molecule has 0 atom stereocenters. The molecule has 0 N–H and O–H groups in total. The molecule has 0 aromatic heterocycles. The third-order valence-corrected chi connectivity index (χ3v) is 3.48. The molecule has 0 unspecified atom stereocenters. The Morgan fingerprint density at radius 3 is 2.45 bits per heavy atom. The highest BCUT2D eigenvalue weighted by Gasteiger charge is 2.17. The van der Waals surface area contributed by atoms with E-state index in [-0.39, 0.29) is 18.0 Å². The third-order valence-electron chi connectivity index (χ3n) is 2.99. The van der Waals surface area contributed by atoms with Crippen LogP contribution in [0.1, 0.15) is 5.56 Å². The van der Waals surface area contributed by atoms with Gasteiger partial charge in [0.25, 0.3) is 0 Å². The maximum Gasteiger partial charge on any atom is 0.314 e. The predicted octanol–water partition coefficient (Wildman–Crippen LogP) is 3.95. The Morgan fingerprint density at radius 2 is 1.82 bits per heavy atom. The van der Waals surface area contributed by atoms with E-state index in [1.807, 2.05) is 12.1 Å². The van der Waals surface area contributed by atoms with E-state index in [0.29, 0.717) is 11.5 Å². The number of hydrogen-bond acceptors (Lipinski definition) is 5. The molecule has 22 heavy (non-hydrogen) atoms. The SMILES string of the molecule is COc1ccc(OCc2cc(Br)ccc2OC)c([N+](=O)[O-])c1. The maximum atomic E-state index is 11.1. The number of rotatable bonds is 6. The van der Waals surface area contributed by atoms with E-state index in [1.165, 1.54) is 19.2 Å². The summed E-state index contributed by atoms with van der Waals surface area (Å²) in [5, 5.41) is 11.1. The molecule has 0 fully saturated rings. The van der Waals surface area contributed by atoms with Gasteiger partial charge in [0, 0.05) is 10.0 Å². The van der Waals surface area contributed by atoms with Crippen LogP contribution in [0.2, 0.25) is 0 Å². The van der Waals surface area contributed by atoms with Crippen LogP contribution in [0, 0.1) is 10.1 Å². The van der Waals surface area contributed by atoms with E-state index in [0.717, 1.165) is 10.0 Å². The van der Waals surface area contributed by atoms with Crippen LogP contribution in [0.25, 0.3) is 0 Å². The van der Waals surface area contributed by atoms with Gasteiger partial charge in [-0.3, -0.25) is 10.1 Å². The first-order valence-electron chi connectivity index (χ1n) is 6.32. The van der Waals surface area contributed by atoms with Crippen molar-refractivity contribution in [3.63, 3.8) is 0 Å². The summed E-state index contributed by atoms with van der Waals surface area (Å²) in [4.78, 5) is 10.6. The summed E-state index contributed by atoms with van der Waals surface area (Å²) >= 11 is 3.37. The number of methoxy groups -OCH3 is 2. The third kappa shape index (κ3) is 3.67. The summed E-state index contributed by atoms with van der Waals surface area (Å²) in [5.74, 6) is 1.23.